The van der Waals surface area contributed by atoms with Crippen molar-refractivity contribution in [1.29, 1.82) is 0 Å². The first kappa shape index (κ1) is 18.5. The fourth-order valence-electron chi connectivity index (χ4n) is 3.11. The second-order valence-corrected chi connectivity index (χ2v) is 7.02. The van der Waals surface area contributed by atoms with Crippen molar-refractivity contribution in [2.45, 2.75) is 6.10 Å². The topological polar surface area (TPSA) is 39.2 Å². The van der Waals surface area contributed by atoms with Crippen LogP contribution in [-0.2, 0) is 4.74 Å². The van der Waals surface area contributed by atoms with Gasteiger partial charge in [-0.05, 0) is 35.7 Å². The zero-order valence-corrected chi connectivity index (χ0v) is 16.2. The lowest BCUT2D eigenvalue weighted by Crippen LogP contribution is -2.15. The normalized spacial score (nSPS) is 11.9. The Labute approximate surface area is 172 Å². The molecule has 0 amide bonds. The van der Waals surface area contributed by atoms with Gasteiger partial charge in [-0.2, -0.15) is 0 Å². The predicted molar refractivity (Wildman–Crippen MR) is 112 cm³/mol. The molecular formula is C23H15Cl2NO2. The summed E-state index contributed by atoms with van der Waals surface area (Å²) in [6.45, 7) is 0. The zero-order chi connectivity index (χ0) is 19.5. The highest BCUT2D eigenvalue weighted by Gasteiger charge is 2.27. The van der Waals surface area contributed by atoms with Gasteiger partial charge in [0, 0.05) is 27.2 Å². The predicted octanol–water partition coefficient (Wildman–Crippen LogP) is 6.49. The molecule has 3 nitrogen and oxygen atoms in total. The van der Waals surface area contributed by atoms with Crippen LogP contribution in [0.2, 0.25) is 10.0 Å². The number of esters is 1. The molecule has 0 saturated carbocycles. The monoisotopic (exact) mass is 407 g/mol. The lowest BCUT2D eigenvalue weighted by atomic mass is 10.0. The van der Waals surface area contributed by atoms with Crippen LogP contribution < -0.4 is 0 Å². The van der Waals surface area contributed by atoms with Crippen LogP contribution in [0.4, 0.5) is 0 Å². The second-order valence-electron chi connectivity index (χ2n) is 6.20. The van der Waals surface area contributed by atoms with Gasteiger partial charge in [-0.1, -0.05) is 71.7 Å². The van der Waals surface area contributed by atoms with Crippen molar-refractivity contribution >= 4 is 39.9 Å². The van der Waals surface area contributed by atoms with Gasteiger partial charge in [0.1, 0.15) is 0 Å². The van der Waals surface area contributed by atoms with E-state index >= 15 is 0 Å². The van der Waals surface area contributed by atoms with Crippen molar-refractivity contribution in [3.63, 3.8) is 0 Å². The Bertz CT molecular complexity index is 1120. The van der Waals surface area contributed by atoms with Crippen LogP contribution in [0, 0.1) is 0 Å². The van der Waals surface area contributed by atoms with Crippen LogP contribution in [0.3, 0.4) is 0 Å². The zero-order valence-electron chi connectivity index (χ0n) is 14.7. The molecule has 0 aliphatic heterocycles. The van der Waals surface area contributed by atoms with E-state index in [1.807, 2.05) is 36.4 Å². The molecule has 0 radical (unpaired) electrons. The number of carbonyl (C=O) groups is 1. The van der Waals surface area contributed by atoms with Gasteiger partial charge in [0.05, 0.1) is 11.3 Å². The molecule has 0 aliphatic carbocycles. The molecule has 0 saturated heterocycles. The Hall–Kier alpha value is -2.88. The van der Waals surface area contributed by atoms with E-state index in [0.717, 1.165) is 10.8 Å². The van der Waals surface area contributed by atoms with Gasteiger partial charge in [-0.15, -0.1) is 0 Å². The summed E-state index contributed by atoms with van der Waals surface area (Å²) in [6.07, 6.45) is 0.839. The maximum atomic E-state index is 12.8. The maximum absolute atomic E-state index is 12.8. The Balaban J connectivity index is 1.88. The molecule has 138 valence electrons. The van der Waals surface area contributed by atoms with Gasteiger partial charge in [0.15, 0.2) is 6.10 Å². The minimum Gasteiger partial charge on any atom is -0.447 e. The van der Waals surface area contributed by atoms with Gasteiger partial charge in [0.2, 0.25) is 0 Å². The molecule has 28 heavy (non-hydrogen) atoms. The van der Waals surface area contributed by atoms with E-state index in [2.05, 4.69) is 4.98 Å². The number of nitrogens with zero attached hydrogens (tertiary/aromatic N) is 1. The number of carbonyl (C=O) groups excluding carboxylic acids is 1. The lowest BCUT2D eigenvalue weighted by Gasteiger charge is -2.21. The quantitative estimate of drug-likeness (QED) is 0.363. The molecule has 0 spiro atoms. The Morgan fingerprint density at radius 3 is 2.25 bits per heavy atom. The molecule has 1 aromatic heterocycles. The fourth-order valence-corrected chi connectivity index (χ4v) is 3.71. The van der Waals surface area contributed by atoms with Crippen LogP contribution >= 0.6 is 23.2 Å². The Kier molecular flexibility index (Phi) is 5.29. The van der Waals surface area contributed by atoms with Crippen LogP contribution in [0.15, 0.2) is 85.1 Å². The number of aromatic nitrogens is 1. The van der Waals surface area contributed by atoms with Gasteiger partial charge in [-0.3, -0.25) is 4.98 Å². The number of rotatable bonds is 4. The molecule has 5 heteroatoms. The van der Waals surface area contributed by atoms with Crippen LogP contribution in [0.25, 0.3) is 10.8 Å². The molecule has 4 rings (SSSR count). The summed E-state index contributed by atoms with van der Waals surface area (Å²) < 4.78 is 5.91. The third-order valence-electron chi connectivity index (χ3n) is 4.45. The van der Waals surface area contributed by atoms with Crippen molar-refractivity contribution in [2.24, 2.45) is 0 Å². The minimum atomic E-state index is -0.847. The molecule has 0 unspecified atom stereocenters. The van der Waals surface area contributed by atoms with Crippen LogP contribution in [0.1, 0.15) is 27.7 Å². The molecule has 3 aromatic carbocycles. The average Bonchev–Trinajstić information content (AvgIpc) is 2.73. The largest absolute Gasteiger partial charge is 0.447 e. The highest BCUT2D eigenvalue weighted by atomic mass is 35.5. The molecule has 0 N–H and O–H groups in total. The fraction of sp³-hybridized carbons (Fsp3) is 0.0435. The SMILES string of the molecule is O=C(O[C@@H](c1c(Cl)cccc1Cl)c1nccc2ccccc12)c1ccccc1. The van der Waals surface area contributed by atoms with E-state index in [4.69, 9.17) is 27.9 Å². The van der Waals surface area contributed by atoms with Crippen molar-refractivity contribution < 1.29 is 9.53 Å². The number of halogens is 2. The number of hydrogen-bond donors (Lipinski definition) is 0. The number of hydrogen-bond acceptors (Lipinski definition) is 3. The first-order valence-electron chi connectivity index (χ1n) is 8.69. The molecule has 1 heterocycles. The molecular weight excluding hydrogens is 393 g/mol. The van der Waals surface area contributed by atoms with Crippen molar-refractivity contribution in [3.8, 4) is 0 Å². The molecule has 0 bridgehead atoms. The Morgan fingerprint density at radius 1 is 0.821 bits per heavy atom. The first-order chi connectivity index (χ1) is 13.6. The smallest absolute Gasteiger partial charge is 0.339 e. The van der Waals surface area contributed by atoms with Gasteiger partial charge in [0.25, 0.3) is 0 Å². The van der Waals surface area contributed by atoms with E-state index in [1.54, 1.807) is 48.7 Å². The third kappa shape index (κ3) is 3.59. The van der Waals surface area contributed by atoms with E-state index in [0.29, 0.717) is 26.9 Å². The first-order valence-corrected chi connectivity index (χ1v) is 9.44. The number of pyridine rings is 1. The molecule has 0 aliphatic rings. The maximum Gasteiger partial charge on any atom is 0.339 e. The highest BCUT2D eigenvalue weighted by molar-refractivity contribution is 6.36. The Morgan fingerprint density at radius 2 is 1.50 bits per heavy atom. The van der Waals surface area contributed by atoms with E-state index in [-0.39, 0.29) is 0 Å². The van der Waals surface area contributed by atoms with E-state index in [1.165, 1.54) is 0 Å². The summed E-state index contributed by atoms with van der Waals surface area (Å²) in [7, 11) is 0. The summed E-state index contributed by atoms with van der Waals surface area (Å²) in [6, 6.07) is 23.7. The highest BCUT2D eigenvalue weighted by Crippen LogP contribution is 2.38. The number of benzene rings is 3. The van der Waals surface area contributed by atoms with Gasteiger partial charge >= 0.3 is 5.97 Å². The van der Waals surface area contributed by atoms with Crippen molar-refractivity contribution in [1.82, 2.24) is 4.98 Å². The van der Waals surface area contributed by atoms with Gasteiger partial charge < -0.3 is 4.74 Å². The van der Waals surface area contributed by atoms with Crippen LogP contribution in [0.5, 0.6) is 0 Å². The lowest BCUT2D eigenvalue weighted by molar-refractivity contribution is 0.0374. The number of ether oxygens (including phenoxy) is 1. The minimum absolute atomic E-state index is 0.410. The number of fused-ring (bicyclic) bond motifs is 1. The molecule has 4 aromatic rings. The van der Waals surface area contributed by atoms with Gasteiger partial charge in [-0.25, -0.2) is 4.79 Å². The van der Waals surface area contributed by atoms with E-state index in [9.17, 15) is 4.79 Å². The molecule has 1 atom stereocenters. The van der Waals surface area contributed by atoms with Crippen molar-refractivity contribution in [2.75, 3.05) is 0 Å². The standard InChI is InChI=1S/C23H15Cl2NO2/c24-18-11-6-12-19(25)20(18)22(28-23(27)16-8-2-1-3-9-16)21-17-10-5-4-7-15(17)13-14-26-21/h1-14,22H/t22-/m0/s1. The second kappa shape index (κ2) is 8.01. The summed E-state index contributed by atoms with van der Waals surface area (Å²) in [5.74, 6) is -0.476. The summed E-state index contributed by atoms with van der Waals surface area (Å²) >= 11 is 12.9. The summed E-state index contributed by atoms with van der Waals surface area (Å²) in [5.41, 5.74) is 1.53. The third-order valence-corrected chi connectivity index (χ3v) is 5.11. The van der Waals surface area contributed by atoms with E-state index < -0.39 is 12.1 Å². The van der Waals surface area contributed by atoms with Crippen LogP contribution in [-0.4, -0.2) is 11.0 Å². The average molecular weight is 408 g/mol. The summed E-state index contributed by atoms with van der Waals surface area (Å²) in [4.78, 5) is 17.3. The summed E-state index contributed by atoms with van der Waals surface area (Å²) in [5, 5.41) is 2.67. The van der Waals surface area contributed by atoms with Crippen molar-refractivity contribution in [3.05, 3.63) is 112 Å². The molecule has 0 fully saturated rings.